The van der Waals surface area contributed by atoms with Crippen molar-refractivity contribution in [1.29, 1.82) is 0 Å². The Bertz CT molecular complexity index is 568. The van der Waals surface area contributed by atoms with E-state index in [-0.39, 0.29) is 6.42 Å². The van der Waals surface area contributed by atoms with Gasteiger partial charge in [-0.2, -0.15) is 0 Å². The van der Waals surface area contributed by atoms with E-state index < -0.39 is 41.9 Å². The molecular weight excluding hydrogens is 292 g/mol. The van der Waals surface area contributed by atoms with Gasteiger partial charge in [-0.25, -0.2) is 0 Å². The smallest absolute Gasteiger partial charge is 0.170 e. The lowest BCUT2D eigenvalue weighted by atomic mass is 9.69. The van der Waals surface area contributed by atoms with E-state index in [9.17, 15) is 30.0 Å². The fraction of sp³-hybridized carbons (Fsp3) is 0.467. The van der Waals surface area contributed by atoms with Gasteiger partial charge < -0.3 is 30.0 Å². The van der Waals surface area contributed by atoms with Crippen LogP contribution in [0.2, 0.25) is 0 Å². The molecule has 1 fully saturated rings. The third-order valence-electron chi connectivity index (χ3n) is 4.05. The summed E-state index contributed by atoms with van der Waals surface area (Å²) in [5.74, 6) is -3.57. The zero-order valence-electron chi connectivity index (χ0n) is 11.9. The Hall–Kier alpha value is -1.96. The molecule has 0 spiro atoms. The Labute approximate surface area is 126 Å². The first-order valence-corrected chi connectivity index (χ1v) is 6.76. The zero-order chi connectivity index (χ0) is 16.5. The molecule has 0 radical (unpaired) electrons. The van der Waals surface area contributed by atoms with Crippen molar-refractivity contribution < 1.29 is 34.8 Å². The fourth-order valence-electron chi connectivity index (χ4n) is 2.70. The summed E-state index contributed by atoms with van der Waals surface area (Å²) in [6.07, 6.45) is -4.12. The molecule has 4 atom stereocenters. The predicted molar refractivity (Wildman–Crippen MR) is 71.8 cm³/mol. The van der Waals surface area contributed by atoms with Gasteiger partial charge in [0.25, 0.3) is 0 Å². The van der Waals surface area contributed by atoms with Crippen molar-refractivity contribution in [2.45, 2.75) is 30.7 Å². The summed E-state index contributed by atoms with van der Waals surface area (Å²) < 4.78 is 5.00. The molecule has 1 saturated carbocycles. The fourth-order valence-corrected chi connectivity index (χ4v) is 2.70. The molecule has 22 heavy (non-hydrogen) atoms. The van der Waals surface area contributed by atoms with Gasteiger partial charge in [-0.05, 0) is 24.1 Å². The minimum atomic E-state index is -2.52. The van der Waals surface area contributed by atoms with Crippen LogP contribution in [0.4, 0.5) is 0 Å². The van der Waals surface area contributed by atoms with Crippen molar-refractivity contribution in [2.24, 2.45) is 5.92 Å². The van der Waals surface area contributed by atoms with Gasteiger partial charge in [0.05, 0.1) is 25.1 Å². The van der Waals surface area contributed by atoms with E-state index in [4.69, 9.17) is 4.74 Å². The maximum atomic E-state index is 12.1. The molecule has 0 unspecified atom stereocenters. The average Bonchev–Trinajstić information content (AvgIpc) is 2.50. The predicted octanol–water partition coefficient (Wildman–Crippen LogP) is -1.97. The summed E-state index contributed by atoms with van der Waals surface area (Å²) in [6.45, 7) is 0. The highest BCUT2D eigenvalue weighted by atomic mass is 16.5. The van der Waals surface area contributed by atoms with Crippen LogP contribution in [0.5, 0.6) is 5.75 Å². The topological polar surface area (TPSA) is 127 Å². The lowest BCUT2D eigenvalue weighted by Crippen LogP contribution is -2.64. The molecule has 1 aromatic rings. The summed E-state index contributed by atoms with van der Waals surface area (Å²) in [5, 5.41) is 40.7. The first-order chi connectivity index (χ1) is 10.3. The Morgan fingerprint density at radius 2 is 1.95 bits per heavy atom. The molecule has 0 heterocycles. The molecule has 3 N–H and O–H groups in total. The highest BCUT2D eigenvalue weighted by molar-refractivity contribution is 5.94. The zero-order valence-corrected chi connectivity index (χ0v) is 11.9. The molecule has 120 valence electrons. The Morgan fingerprint density at radius 1 is 1.36 bits per heavy atom. The number of hydrogen-bond acceptors (Lipinski definition) is 7. The molecule has 2 rings (SSSR count). The quantitative estimate of drug-likeness (QED) is 0.588. The number of ether oxygens (including phenoxy) is 1. The van der Waals surface area contributed by atoms with Crippen molar-refractivity contribution in [1.82, 2.24) is 0 Å². The van der Waals surface area contributed by atoms with Gasteiger partial charge in [-0.15, -0.1) is 0 Å². The van der Waals surface area contributed by atoms with Crippen molar-refractivity contribution >= 4 is 11.8 Å². The summed E-state index contributed by atoms with van der Waals surface area (Å²) in [7, 11) is 1.49. The number of hydrogen-bond donors (Lipinski definition) is 3. The molecule has 7 heteroatoms. The number of aliphatic carboxylic acids is 1. The van der Waals surface area contributed by atoms with E-state index in [1.54, 1.807) is 24.3 Å². The van der Waals surface area contributed by atoms with Crippen LogP contribution in [-0.2, 0) is 16.0 Å². The van der Waals surface area contributed by atoms with E-state index in [0.29, 0.717) is 11.3 Å². The van der Waals surface area contributed by atoms with Gasteiger partial charge in [-0.1, -0.05) is 12.1 Å². The van der Waals surface area contributed by atoms with Gasteiger partial charge in [0.1, 0.15) is 17.5 Å². The van der Waals surface area contributed by atoms with Crippen molar-refractivity contribution in [3.8, 4) is 5.75 Å². The van der Waals surface area contributed by atoms with Crippen molar-refractivity contribution in [2.75, 3.05) is 7.11 Å². The number of carbonyl (C=O) groups is 2. The van der Waals surface area contributed by atoms with E-state index in [1.807, 2.05) is 0 Å². The molecule has 0 saturated heterocycles. The van der Waals surface area contributed by atoms with Gasteiger partial charge in [0.15, 0.2) is 5.78 Å². The summed E-state index contributed by atoms with van der Waals surface area (Å²) in [4.78, 5) is 23.3. The van der Waals surface area contributed by atoms with Gasteiger partial charge >= 0.3 is 0 Å². The summed E-state index contributed by atoms with van der Waals surface area (Å²) >= 11 is 0. The first kappa shape index (κ1) is 16.4. The SMILES string of the molecule is COc1ccc(C[C@H]2C(=O)[C@@H](O)[C@H](O)C[C@]2(O)C(=O)[O-])cc1. The Balaban J connectivity index is 2.30. The number of ketones is 1. The molecule has 1 aliphatic rings. The van der Waals surface area contributed by atoms with Crippen LogP contribution in [-0.4, -0.2) is 52.0 Å². The molecular formula is C15H17O7-. The van der Waals surface area contributed by atoms with E-state index >= 15 is 0 Å². The molecule has 7 nitrogen and oxygen atoms in total. The van der Waals surface area contributed by atoms with E-state index in [1.165, 1.54) is 7.11 Å². The van der Waals surface area contributed by atoms with Gasteiger partial charge in [-0.3, -0.25) is 4.79 Å². The maximum Gasteiger partial charge on any atom is 0.170 e. The molecule has 0 aliphatic heterocycles. The number of carboxylic acid groups (broad SMARTS) is 1. The van der Waals surface area contributed by atoms with Crippen LogP contribution >= 0.6 is 0 Å². The Morgan fingerprint density at radius 3 is 2.45 bits per heavy atom. The van der Waals surface area contributed by atoms with Crippen LogP contribution < -0.4 is 9.84 Å². The van der Waals surface area contributed by atoms with Crippen LogP contribution in [0.3, 0.4) is 0 Å². The second-order valence-corrected chi connectivity index (χ2v) is 5.44. The molecule has 0 bridgehead atoms. The number of rotatable bonds is 4. The van der Waals surface area contributed by atoms with Crippen LogP contribution in [0.25, 0.3) is 0 Å². The number of aliphatic hydroxyl groups is 3. The molecule has 0 aromatic heterocycles. The average molecular weight is 309 g/mol. The first-order valence-electron chi connectivity index (χ1n) is 6.76. The highest BCUT2D eigenvalue weighted by Gasteiger charge is 2.52. The second kappa shape index (κ2) is 6.04. The minimum Gasteiger partial charge on any atom is -0.547 e. The monoisotopic (exact) mass is 309 g/mol. The number of aliphatic hydroxyl groups excluding tert-OH is 2. The normalized spacial score (nSPS) is 31.8. The van der Waals surface area contributed by atoms with Gasteiger partial charge in [0.2, 0.25) is 0 Å². The van der Waals surface area contributed by atoms with Crippen LogP contribution in [0.15, 0.2) is 24.3 Å². The van der Waals surface area contributed by atoms with Gasteiger partial charge in [0, 0.05) is 6.42 Å². The largest absolute Gasteiger partial charge is 0.547 e. The molecule has 1 aromatic carbocycles. The summed E-state index contributed by atoms with van der Waals surface area (Å²) in [6, 6.07) is 6.51. The van der Waals surface area contributed by atoms with E-state index in [0.717, 1.165) is 0 Å². The standard InChI is InChI=1S/C15H18O7/c1-22-9-4-2-8(3-5-9)6-10-12(17)13(18)11(16)7-15(10,21)14(19)20/h2-5,10-11,13,16,18,21H,6-7H2,1H3,(H,19,20)/p-1/t10-,11+,13-,15+/m0/s1. The number of Topliss-reactive ketones (excluding diaryl/α,β-unsaturated/α-hetero) is 1. The lowest BCUT2D eigenvalue weighted by molar-refractivity contribution is -0.331. The van der Waals surface area contributed by atoms with Crippen molar-refractivity contribution in [3.05, 3.63) is 29.8 Å². The second-order valence-electron chi connectivity index (χ2n) is 5.44. The number of methoxy groups -OCH3 is 1. The molecule has 0 amide bonds. The molecule has 1 aliphatic carbocycles. The number of benzene rings is 1. The Kier molecular flexibility index (Phi) is 4.50. The minimum absolute atomic E-state index is 0.100. The third kappa shape index (κ3) is 2.83. The van der Waals surface area contributed by atoms with Crippen LogP contribution in [0, 0.1) is 5.92 Å². The number of carbonyl (C=O) groups excluding carboxylic acids is 2. The maximum absolute atomic E-state index is 12.1. The summed E-state index contributed by atoms with van der Waals surface area (Å²) in [5.41, 5.74) is -1.93. The lowest BCUT2D eigenvalue weighted by Gasteiger charge is -2.43. The highest BCUT2D eigenvalue weighted by Crippen LogP contribution is 2.34. The van der Waals surface area contributed by atoms with E-state index in [2.05, 4.69) is 0 Å². The third-order valence-corrected chi connectivity index (χ3v) is 4.05. The number of carboxylic acids is 1. The van der Waals surface area contributed by atoms with Crippen molar-refractivity contribution in [3.63, 3.8) is 0 Å². The van der Waals surface area contributed by atoms with Crippen LogP contribution in [0.1, 0.15) is 12.0 Å².